The van der Waals surface area contributed by atoms with E-state index in [4.69, 9.17) is 9.84 Å². The van der Waals surface area contributed by atoms with Crippen molar-refractivity contribution in [1.29, 1.82) is 0 Å². The number of hydrogen-bond acceptors (Lipinski definition) is 3. The molecule has 1 rings (SSSR count). The molecule has 5 nitrogen and oxygen atoms in total. The minimum atomic E-state index is -0.395. The molecule has 23 heavy (non-hydrogen) atoms. The number of carbonyl (C=O) groups is 1. The highest BCUT2D eigenvalue weighted by molar-refractivity contribution is 5.75. The van der Waals surface area contributed by atoms with Crippen molar-refractivity contribution in [3.8, 4) is 5.75 Å². The molecule has 1 aromatic rings. The molecule has 2 atom stereocenters. The molecule has 0 saturated heterocycles. The van der Waals surface area contributed by atoms with Gasteiger partial charge in [0, 0.05) is 12.1 Å². The van der Waals surface area contributed by atoms with Gasteiger partial charge in [-0.2, -0.15) is 0 Å². The number of hydrogen-bond donors (Lipinski definition) is 3. The molecule has 0 bridgehead atoms. The van der Waals surface area contributed by atoms with Crippen LogP contribution >= 0.6 is 0 Å². The summed E-state index contributed by atoms with van der Waals surface area (Å²) in [4.78, 5) is 12.2. The van der Waals surface area contributed by atoms with E-state index in [1.54, 1.807) is 0 Å². The smallest absolute Gasteiger partial charge is 0.315 e. The van der Waals surface area contributed by atoms with Gasteiger partial charge in [-0.3, -0.25) is 0 Å². The van der Waals surface area contributed by atoms with Crippen LogP contribution in [0.4, 0.5) is 4.79 Å². The zero-order chi connectivity index (χ0) is 17.5. The third-order valence-electron chi connectivity index (χ3n) is 3.96. The monoisotopic (exact) mass is 322 g/mol. The van der Waals surface area contributed by atoms with E-state index in [-0.39, 0.29) is 24.8 Å². The largest absolute Gasteiger partial charge is 0.491 e. The van der Waals surface area contributed by atoms with Gasteiger partial charge >= 0.3 is 6.03 Å². The predicted octanol–water partition coefficient (Wildman–Crippen LogP) is 3.39. The molecule has 0 radical (unpaired) electrons. The minimum absolute atomic E-state index is 0.0531. The van der Waals surface area contributed by atoms with Crippen molar-refractivity contribution in [2.75, 3.05) is 6.61 Å². The van der Waals surface area contributed by atoms with Crippen LogP contribution in [-0.4, -0.2) is 29.4 Å². The number of amides is 2. The molecule has 0 saturated carbocycles. The maximum atomic E-state index is 12.2. The van der Waals surface area contributed by atoms with Gasteiger partial charge in [0.05, 0.1) is 12.1 Å². The van der Waals surface area contributed by atoms with E-state index < -0.39 is 5.54 Å². The molecule has 3 N–H and O–H groups in total. The second-order valence-corrected chi connectivity index (χ2v) is 6.44. The van der Waals surface area contributed by atoms with Gasteiger partial charge in [-0.1, -0.05) is 19.1 Å². The fraction of sp³-hybridized carbons (Fsp3) is 0.611. The molecule has 0 aliphatic carbocycles. The summed E-state index contributed by atoms with van der Waals surface area (Å²) in [7, 11) is 0. The lowest BCUT2D eigenvalue weighted by molar-refractivity contribution is 0.199. The van der Waals surface area contributed by atoms with Crippen LogP contribution in [0.15, 0.2) is 24.3 Å². The first-order chi connectivity index (χ1) is 10.8. The van der Waals surface area contributed by atoms with Crippen LogP contribution in [0.25, 0.3) is 0 Å². The van der Waals surface area contributed by atoms with Gasteiger partial charge in [0.25, 0.3) is 0 Å². The molecule has 5 heteroatoms. The quantitative estimate of drug-likeness (QED) is 0.687. The molecule has 1 aromatic carbocycles. The average molecular weight is 322 g/mol. The second-order valence-electron chi connectivity index (χ2n) is 6.44. The number of carbonyl (C=O) groups excluding carboxylic acids is 1. The highest BCUT2D eigenvalue weighted by Crippen LogP contribution is 2.19. The first kappa shape index (κ1) is 19.3. The summed E-state index contributed by atoms with van der Waals surface area (Å²) >= 11 is 0. The van der Waals surface area contributed by atoms with E-state index in [0.29, 0.717) is 6.42 Å². The van der Waals surface area contributed by atoms with Crippen LogP contribution in [0.3, 0.4) is 0 Å². The van der Waals surface area contributed by atoms with Gasteiger partial charge in [0.1, 0.15) is 5.75 Å². The van der Waals surface area contributed by atoms with Crippen molar-refractivity contribution < 1.29 is 14.6 Å². The Morgan fingerprint density at radius 1 is 1.26 bits per heavy atom. The molecule has 0 fully saturated rings. The summed E-state index contributed by atoms with van der Waals surface area (Å²) in [6.45, 7) is 9.89. The lowest BCUT2D eigenvalue weighted by Gasteiger charge is -2.30. The molecular formula is C18H30N2O3. The fourth-order valence-electron chi connectivity index (χ4n) is 2.27. The van der Waals surface area contributed by atoms with Gasteiger partial charge in [-0.25, -0.2) is 4.79 Å². The number of nitrogens with one attached hydrogen (secondary N) is 2. The van der Waals surface area contributed by atoms with E-state index in [2.05, 4.69) is 10.6 Å². The molecule has 2 amide bonds. The molecular weight excluding hydrogens is 292 g/mol. The van der Waals surface area contributed by atoms with E-state index in [0.717, 1.165) is 17.7 Å². The first-order valence-electron chi connectivity index (χ1n) is 8.26. The Morgan fingerprint density at radius 2 is 1.87 bits per heavy atom. The highest BCUT2D eigenvalue weighted by atomic mass is 16.5. The normalized spacial score (nSPS) is 14.9. The number of aliphatic hydroxyl groups excluding tert-OH is 1. The van der Waals surface area contributed by atoms with Gasteiger partial charge < -0.3 is 20.5 Å². The molecule has 0 spiro atoms. The summed E-state index contributed by atoms with van der Waals surface area (Å²) < 4.78 is 5.61. The van der Waals surface area contributed by atoms with Crippen LogP contribution in [0.2, 0.25) is 0 Å². The molecule has 0 aliphatic heterocycles. The van der Waals surface area contributed by atoms with Crippen molar-refractivity contribution in [1.82, 2.24) is 10.6 Å². The summed E-state index contributed by atoms with van der Waals surface area (Å²) in [5.41, 5.74) is 0.615. The number of benzene rings is 1. The van der Waals surface area contributed by atoms with E-state index in [1.807, 2.05) is 58.9 Å². The summed E-state index contributed by atoms with van der Waals surface area (Å²) in [6, 6.07) is 7.39. The maximum Gasteiger partial charge on any atom is 0.315 e. The molecule has 2 unspecified atom stereocenters. The number of rotatable bonds is 8. The van der Waals surface area contributed by atoms with Gasteiger partial charge in [-0.05, 0) is 58.2 Å². The predicted molar refractivity (Wildman–Crippen MR) is 92.7 cm³/mol. The lowest BCUT2D eigenvalue weighted by Crippen LogP contribution is -2.50. The Labute approximate surface area is 139 Å². The van der Waals surface area contributed by atoms with E-state index in [1.165, 1.54) is 0 Å². The third-order valence-corrected chi connectivity index (χ3v) is 3.96. The van der Waals surface area contributed by atoms with Crippen LogP contribution in [-0.2, 0) is 0 Å². The Hall–Kier alpha value is -1.75. The van der Waals surface area contributed by atoms with Gasteiger partial charge in [-0.15, -0.1) is 0 Å². The summed E-state index contributed by atoms with van der Waals surface area (Å²) in [5.74, 6) is 0.821. The second kappa shape index (κ2) is 8.77. The van der Waals surface area contributed by atoms with Crippen molar-refractivity contribution in [2.45, 2.75) is 65.1 Å². The average Bonchev–Trinajstić information content (AvgIpc) is 2.47. The van der Waals surface area contributed by atoms with Gasteiger partial charge in [0.15, 0.2) is 0 Å². The molecule has 0 aromatic heterocycles. The van der Waals surface area contributed by atoms with Crippen LogP contribution in [0, 0.1) is 0 Å². The fourth-order valence-corrected chi connectivity index (χ4v) is 2.27. The van der Waals surface area contributed by atoms with Crippen molar-refractivity contribution in [3.05, 3.63) is 29.8 Å². The van der Waals surface area contributed by atoms with Crippen LogP contribution in [0.5, 0.6) is 5.75 Å². The lowest BCUT2D eigenvalue weighted by atomic mass is 9.95. The van der Waals surface area contributed by atoms with E-state index >= 15 is 0 Å². The van der Waals surface area contributed by atoms with Crippen LogP contribution in [0.1, 0.15) is 59.1 Å². The number of urea groups is 1. The van der Waals surface area contributed by atoms with Crippen molar-refractivity contribution >= 4 is 6.03 Å². The topological polar surface area (TPSA) is 70.6 Å². The third kappa shape index (κ3) is 6.48. The standard InChI is InChI=1S/C18H30N2O3/c1-6-18(5,11-12-21)20-17(22)19-14(4)15-7-9-16(10-8-15)23-13(2)3/h7-10,13-14,21H,6,11-12H2,1-5H3,(H2,19,20,22). The Bertz CT molecular complexity index is 488. The number of ether oxygens (including phenoxy) is 1. The van der Waals surface area contributed by atoms with Crippen LogP contribution < -0.4 is 15.4 Å². The SMILES string of the molecule is CCC(C)(CCO)NC(=O)NC(C)c1ccc(OC(C)C)cc1. The zero-order valence-corrected chi connectivity index (χ0v) is 14.8. The Kier molecular flexibility index (Phi) is 7.36. The van der Waals surface area contributed by atoms with E-state index in [9.17, 15) is 4.79 Å². The number of aliphatic hydroxyl groups is 1. The van der Waals surface area contributed by atoms with Gasteiger partial charge in [0.2, 0.25) is 0 Å². The van der Waals surface area contributed by atoms with Crippen molar-refractivity contribution in [2.24, 2.45) is 0 Å². The first-order valence-corrected chi connectivity index (χ1v) is 8.26. The highest BCUT2D eigenvalue weighted by Gasteiger charge is 2.24. The Morgan fingerprint density at radius 3 is 2.35 bits per heavy atom. The molecule has 0 aliphatic rings. The Balaban J connectivity index is 2.61. The zero-order valence-electron chi connectivity index (χ0n) is 14.8. The summed E-state index contributed by atoms with van der Waals surface area (Å²) in [5, 5.41) is 15.0. The summed E-state index contributed by atoms with van der Waals surface area (Å²) in [6.07, 6.45) is 1.43. The van der Waals surface area contributed by atoms with Crippen molar-refractivity contribution in [3.63, 3.8) is 0 Å². The minimum Gasteiger partial charge on any atom is -0.491 e. The molecule has 0 heterocycles. The maximum absolute atomic E-state index is 12.2. The molecule has 130 valence electrons.